The van der Waals surface area contributed by atoms with Gasteiger partial charge in [-0.2, -0.15) is 0 Å². The minimum atomic E-state index is -4.94. The van der Waals surface area contributed by atoms with Crippen molar-refractivity contribution in [1.29, 1.82) is 0 Å². The fraction of sp³-hybridized carbons (Fsp3) is 0.935. The summed E-state index contributed by atoms with van der Waals surface area (Å²) in [4.78, 5) is 72.0. The van der Waals surface area contributed by atoms with E-state index in [0.717, 1.165) is 115 Å². The van der Waals surface area contributed by atoms with Crippen LogP contribution in [0, 0.1) is 11.8 Å². The van der Waals surface area contributed by atoms with Crippen LogP contribution in [0.4, 0.5) is 0 Å². The fourth-order valence-electron chi connectivity index (χ4n) is 9.15. The van der Waals surface area contributed by atoms with E-state index in [1.807, 2.05) is 0 Å². The van der Waals surface area contributed by atoms with E-state index >= 15 is 0 Å². The van der Waals surface area contributed by atoms with Gasteiger partial charge in [-0.3, -0.25) is 37.3 Å². The van der Waals surface area contributed by atoms with Crippen LogP contribution >= 0.6 is 15.6 Å². The Balaban J connectivity index is 5.22. The van der Waals surface area contributed by atoms with Crippen LogP contribution in [0.3, 0.4) is 0 Å². The normalized spacial score (nSPS) is 14.7. The van der Waals surface area contributed by atoms with Crippen molar-refractivity contribution in [1.82, 2.24) is 0 Å². The number of ether oxygens (including phenoxy) is 4. The summed E-state index contributed by atoms with van der Waals surface area (Å²) >= 11 is 0. The molecule has 0 fully saturated rings. The standard InChI is InChI=1S/C62H120O17P2/c1-7-10-12-14-16-26-32-38-44-59(64)72-50-57(78-61(66)46-40-34-27-17-15-13-11-8-2)52-76-80(68,69)74-48-56(63)49-75-81(70,71)77-53-58(51-73-60(65)45-39-33-28-23-22-24-30-36-42-54(4)5)79-62(67)47-41-35-29-21-19-18-20-25-31-37-43-55(6)9-3/h54-58,63H,7-53H2,1-6H3,(H,68,69)(H,70,71)/t55?,56-,57+,58+/m0/s1. The average molecular weight is 1200 g/mol. The number of carbonyl (C=O) groups is 4. The molecule has 0 saturated heterocycles. The van der Waals surface area contributed by atoms with Crippen molar-refractivity contribution >= 4 is 39.5 Å². The molecule has 0 aromatic rings. The number of carbonyl (C=O) groups excluding carboxylic acids is 4. The SMILES string of the molecule is CCCCCCCCCCC(=O)OC[C@H](COP(=O)(O)OC[C@H](O)COP(=O)(O)OC[C@@H](COC(=O)CCCCCCCCCCC(C)C)OC(=O)CCCCCCCCCCCCC(C)CC)OC(=O)CCCCCCCCCC. The third-order valence-corrected chi connectivity index (χ3v) is 16.5. The Labute approximate surface area is 492 Å². The van der Waals surface area contributed by atoms with Crippen molar-refractivity contribution in [2.75, 3.05) is 39.6 Å². The van der Waals surface area contributed by atoms with Crippen molar-refractivity contribution in [3.63, 3.8) is 0 Å². The zero-order valence-electron chi connectivity index (χ0n) is 52.1. The molecule has 0 saturated carbocycles. The molecule has 0 aromatic heterocycles. The molecule has 6 atom stereocenters. The minimum absolute atomic E-state index is 0.104. The smallest absolute Gasteiger partial charge is 0.462 e. The Morgan fingerprint density at radius 3 is 0.938 bits per heavy atom. The van der Waals surface area contributed by atoms with E-state index < -0.39 is 97.5 Å². The van der Waals surface area contributed by atoms with Crippen LogP contribution in [0.2, 0.25) is 0 Å². The molecule has 17 nitrogen and oxygen atoms in total. The van der Waals surface area contributed by atoms with Gasteiger partial charge in [0.1, 0.15) is 19.3 Å². The van der Waals surface area contributed by atoms with Crippen molar-refractivity contribution < 1.29 is 80.2 Å². The van der Waals surface area contributed by atoms with Crippen molar-refractivity contribution in [3.8, 4) is 0 Å². The highest BCUT2D eigenvalue weighted by atomic mass is 31.2. The quantitative estimate of drug-likeness (QED) is 0.0222. The number of rotatable bonds is 61. The Bertz CT molecular complexity index is 1600. The van der Waals surface area contributed by atoms with Gasteiger partial charge in [-0.05, 0) is 37.5 Å². The van der Waals surface area contributed by atoms with Crippen LogP contribution in [0.5, 0.6) is 0 Å². The number of aliphatic hydroxyl groups excluding tert-OH is 1. The van der Waals surface area contributed by atoms with Crippen LogP contribution in [0.1, 0.15) is 305 Å². The number of phosphoric acid groups is 2. The first kappa shape index (κ1) is 79.1. The lowest BCUT2D eigenvalue weighted by Crippen LogP contribution is -2.30. The molecule has 81 heavy (non-hydrogen) atoms. The lowest BCUT2D eigenvalue weighted by Gasteiger charge is -2.21. The van der Waals surface area contributed by atoms with Gasteiger partial charge in [0.2, 0.25) is 0 Å². The highest BCUT2D eigenvalue weighted by Gasteiger charge is 2.30. The molecule has 19 heteroatoms. The first-order valence-electron chi connectivity index (χ1n) is 32.5. The van der Waals surface area contributed by atoms with Crippen molar-refractivity contribution in [2.45, 2.75) is 323 Å². The predicted octanol–water partition coefficient (Wildman–Crippen LogP) is 16.9. The lowest BCUT2D eigenvalue weighted by molar-refractivity contribution is -0.161. The summed E-state index contributed by atoms with van der Waals surface area (Å²) < 4.78 is 67.8. The van der Waals surface area contributed by atoms with Crippen LogP contribution in [-0.4, -0.2) is 96.7 Å². The van der Waals surface area contributed by atoms with Crippen molar-refractivity contribution in [2.24, 2.45) is 11.8 Å². The molecule has 0 aliphatic rings. The largest absolute Gasteiger partial charge is 0.472 e. The summed E-state index contributed by atoms with van der Waals surface area (Å²) in [5.41, 5.74) is 0. The Morgan fingerprint density at radius 1 is 0.358 bits per heavy atom. The van der Waals surface area contributed by atoms with Crippen molar-refractivity contribution in [3.05, 3.63) is 0 Å². The molecule has 3 N–H and O–H groups in total. The van der Waals surface area contributed by atoms with Crippen LogP contribution in [0.15, 0.2) is 0 Å². The summed E-state index contributed by atoms with van der Waals surface area (Å²) in [6, 6.07) is 0. The first-order chi connectivity index (χ1) is 38.9. The summed E-state index contributed by atoms with van der Waals surface area (Å²) in [5.74, 6) is -0.612. The number of aliphatic hydroxyl groups is 1. The van der Waals surface area contributed by atoms with Gasteiger partial charge in [0.25, 0.3) is 0 Å². The fourth-order valence-corrected chi connectivity index (χ4v) is 10.7. The topological polar surface area (TPSA) is 237 Å². The van der Waals surface area contributed by atoms with Gasteiger partial charge >= 0.3 is 39.5 Å². The van der Waals surface area contributed by atoms with Crippen LogP contribution in [0.25, 0.3) is 0 Å². The van der Waals surface area contributed by atoms with Crippen LogP contribution < -0.4 is 0 Å². The Kier molecular flexibility index (Phi) is 53.4. The maximum atomic E-state index is 13.0. The van der Waals surface area contributed by atoms with Gasteiger partial charge in [-0.1, -0.05) is 253 Å². The van der Waals surface area contributed by atoms with E-state index in [9.17, 15) is 43.2 Å². The monoisotopic (exact) mass is 1200 g/mol. The van der Waals surface area contributed by atoms with Gasteiger partial charge < -0.3 is 33.8 Å². The van der Waals surface area contributed by atoms with Gasteiger partial charge in [0, 0.05) is 25.7 Å². The second-order valence-corrected chi connectivity index (χ2v) is 26.1. The van der Waals surface area contributed by atoms with E-state index in [4.69, 9.17) is 37.0 Å². The van der Waals surface area contributed by atoms with E-state index in [0.29, 0.717) is 25.7 Å². The molecule has 0 aromatic carbocycles. The first-order valence-corrected chi connectivity index (χ1v) is 35.5. The molecular formula is C62H120O17P2. The lowest BCUT2D eigenvalue weighted by atomic mass is 9.99. The summed E-state index contributed by atoms with van der Waals surface area (Å²) in [7, 11) is -9.88. The third kappa shape index (κ3) is 55.7. The maximum Gasteiger partial charge on any atom is 0.472 e. The van der Waals surface area contributed by atoms with Gasteiger partial charge in [0.05, 0.1) is 26.4 Å². The Hall–Kier alpha value is -1.94. The molecule has 0 radical (unpaired) electrons. The van der Waals surface area contributed by atoms with E-state index in [1.54, 1.807) is 0 Å². The molecule has 0 spiro atoms. The summed E-state index contributed by atoms with van der Waals surface area (Å²) in [6.07, 6.45) is 36.2. The van der Waals surface area contributed by atoms with E-state index in [2.05, 4.69) is 41.5 Å². The zero-order valence-corrected chi connectivity index (χ0v) is 53.9. The highest BCUT2D eigenvalue weighted by molar-refractivity contribution is 7.47. The number of unbranched alkanes of at least 4 members (excludes halogenated alkanes) is 30. The predicted molar refractivity (Wildman–Crippen MR) is 321 cm³/mol. The van der Waals surface area contributed by atoms with Crippen LogP contribution in [-0.2, 0) is 65.4 Å². The molecule has 0 heterocycles. The van der Waals surface area contributed by atoms with Gasteiger partial charge in [-0.25, -0.2) is 9.13 Å². The molecule has 0 bridgehead atoms. The maximum absolute atomic E-state index is 13.0. The Morgan fingerprint density at radius 2 is 0.630 bits per heavy atom. The second kappa shape index (κ2) is 54.7. The number of hydrogen-bond donors (Lipinski definition) is 3. The summed E-state index contributed by atoms with van der Waals surface area (Å²) in [6.45, 7) is 9.42. The number of phosphoric ester groups is 2. The van der Waals surface area contributed by atoms with Gasteiger partial charge in [0.15, 0.2) is 12.2 Å². The van der Waals surface area contributed by atoms with E-state index in [1.165, 1.54) is 109 Å². The molecule has 0 aliphatic heterocycles. The minimum Gasteiger partial charge on any atom is -0.462 e. The summed E-state index contributed by atoms with van der Waals surface area (Å²) in [5, 5.41) is 10.5. The zero-order chi connectivity index (χ0) is 60.1. The molecule has 0 amide bonds. The number of hydrogen-bond acceptors (Lipinski definition) is 15. The molecular weight excluding hydrogens is 1080 g/mol. The van der Waals surface area contributed by atoms with E-state index in [-0.39, 0.29) is 25.7 Å². The average Bonchev–Trinajstić information content (AvgIpc) is 3.43. The van der Waals surface area contributed by atoms with Gasteiger partial charge in [-0.15, -0.1) is 0 Å². The molecule has 0 rings (SSSR count). The number of esters is 4. The third-order valence-electron chi connectivity index (χ3n) is 14.6. The second-order valence-electron chi connectivity index (χ2n) is 23.2. The molecule has 0 aliphatic carbocycles. The molecule has 480 valence electrons. The molecule has 3 unspecified atom stereocenters. The highest BCUT2D eigenvalue weighted by Crippen LogP contribution is 2.45.